The van der Waals surface area contributed by atoms with Gasteiger partial charge in [-0.05, 0) is 38.6 Å². The molecule has 8 nitrogen and oxygen atoms in total. The average Bonchev–Trinajstić information content (AvgIpc) is 3.27. The first-order valence-corrected chi connectivity index (χ1v) is 10.9. The van der Waals surface area contributed by atoms with Crippen molar-refractivity contribution in [2.24, 2.45) is 0 Å². The standard InChI is InChI=1S/C19H26N2O6S2/c1-4-24-16(22)13-12(3)14(17(23)25-5-2)29-15(13)20-18(28)21-8-6-19(7-9-21)26-10-11-27-19/h4-11H2,1-3H3,(H,20,28). The first kappa shape index (κ1) is 21.9. The number of esters is 2. The minimum Gasteiger partial charge on any atom is -0.462 e. The smallest absolute Gasteiger partial charge is 0.348 e. The molecule has 2 fully saturated rings. The molecule has 0 aliphatic carbocycles. The summed E-state index contributed by atoms with van der Waals surface area (Å²) < 4.78 is 21.8. The maximum atomic E-state index is 12.5. The molecular weight excluding hydrogens is 416 g/mol. The molecule has 3 heterocycles. The summed E-state index contributed by atoms with van der Waals surface area (Å²) in [5.41, 5.74) is 0.848. The summed E-state index contributed by atoms with van der Waals surface area (Å²) in [5.74, 6) is -1.44. The highest BCUT2D eigenvalue weighted by molar-refractivity contribution is 7.80. The summed E-state index contributed by atoms with van der Waals surface area (Å²) in [5, 5.41) is 4.12. The van der Waals surface area contributed by atoms with Crippen LogP contribution in [-0.2, 0) is 18.9 Å². The third kappa shape index (κ3) is 4.71. The maximum Gasteiger partial charge on any atom is 0.348 e. The third-order valence-electron chi connectivity index (χ3n) is 4.93. The molecule has 0 saturated carbocycles. The van der Waals surface area contributed by atoms with Crippen LogP contribution in [0.4, 0.5) is 5.00 Å². The molecule has 2 saturated heterocycles. The van der Waals surface area contributed by atoms with Crippen molar-refractivity contribution < 1.29 is 28.5 Å². The Morgan fingerprint density at radius 1 is 1.14 bits per heavy atom. The number of carbonyl (C=O) groups is 2. The first-order valence-electron chi connectivity index (χ1n) is 9.72. The van der Waals surface area contributed by atoms with Crippen molar-refractivity contribution in [2.45, 2.75) is 39.4 Å². The SMILES string of the molecule is CCOC(=O)c1sc(NC(=S)N2CCC3(CC2)OCCO3)c(C(=O)OCC)c1C. The molecule has 1 N–H and O–H groups in total. The first-order chi connectivity index (χ1) is 13.9. The zero-order valence-electron chi connectivity index (χ0n) is 16.9. The molecule has 1 aromatic rings. The van der Waals surface area contributed by atoms with Gasteiger partial charge in [0.25, 0.3) is 0 Å². The van der Waals surface area contributed by atoms with Gasteiger partial charge in [0.2, 0.25) is 0 Å². The van der Waals surface area contributed by atoms with Crippen molar-refractivity contribution in [1.29, 1.82) is 0 Å². The van der Waals surface area contributed by atoms with E-state index in [4.69, 9.17) is 31.2 Å². The van der Waals surface area contributed by atoms with Gasteiger partial charge < -0.3 is 29.2 Å². The lowest BCUT2D eigenvalue weighted by atomic mass is 10.0. The normalized spacial score (nSPS) is 18.0. The fourth-order valence-electron chi connectivity index (χ4n) is 3.45. The van der Waals surface area contributed by atoms with E-state index in [-0.39, 0.29) is 13.2 Å². The second-order valence-corrected chi connectivity index (χ2v) is 8.13. The number of thiophene rings is 1. The Morgan fingerprint density at radius 3 is 2.31 bits per heavy atom. The van der Waals surface area contributed by atoms with E-state index in [1.165, 1.54) is 0 Å². The van der Waals surface area contributed by atoms with E-state index in [0.29, 0.717) is 52.4 Å². The van der Waals surface area contributed by atoms with E-state index in [1.54, 1.807) is 20.8 Å². The van der Waals surface area contributed by atoms with E-state index < -0.39 is 17.7 Å². The second kappa shape index (κ2) is 9.38. The number of anilines is 1. The fourth-order valence-corrected chi connectivity index (χ4v) is 4.89. The number of rotatable bonds is 5. The molecule has 0 bridgehead atoms. The highest BCUT2D eigenvalue weighted by atomic mass is 32.1. The molecule has 0 atom stereocenters. The molecular formula is C19H26N2O6S2. The Hall–Kier alpha value is -1.75. The van der Waals surface area contributed by atoms with Gasteiger partial charge in [0, 0.05) is 25.9 Å². The van der Waals surface area contributed by atoms with Gasteiger partial charge in [-0.25, -0.2) is 9.59 Å². The van der Waals surface area contributed by atoms with Crippen LogP contribution in [0, 0.1) is 6.92 Å². The molecule has 2 aliphatic heterocycles. The van der Waals surface area contributed by atoms with Gasteiger partial charge in [-0.15, -0.1) is 11.3 Å². The largest absolute Gasteiger partial charge is 0.462 e. The van der Waals surface area contributed by atoms with Crippen LogP contribution < -0.4 is 5.32 Å². The van der Waals surface area contributed by atoms with Crippen LogP contribution >= 0.6 is 23.6 Å². The molecule has 0 unspecified atom stereocenters. The molecule has 2 aliphatic rings. The highest BCUT2D eigenvalue weighted by Gasteiger charge is 2.40. The van der Waals surface area contributed by atoms with Gasteiger partial charge in [0.15, 0.2) is 10.9 Å². The monoisotopic (exact) mass is 442 g/mol. The number of piperidine rings is 1. The van der Waals surface area contributed by atoms with Gasteiger partial charge in [-0.1, -0.05) is 0 Å². The molecule has 29 heavy (non-hydrogen) atoms. The van der Waals surface area contributed by atoms with Crippen LogP contribution in [-0.4, -0.2) is 67.3 Å². The minimum atomic E-state index is -0.493. The predicted molar refractivity (Wildman–Crippen MR) is 113 cm³/mol. The van der Waals surface area contributed by atoms with Gasteiger partial charge >= 0.3 is 11.9 Å². The lowest BCUT2D eigenvalue weighted by Gasteiger charge is -2.38. The summed E-state index contributed by atoms with van der Waals surface area (Å²) in [6.45, 7) is 8.27. The van der Waals surface area contributed by atoms with Crippen molar-refractivity contribution in [3.8, 4) is 0 Å². The summed E-state index contributed by atoms with van der Waals surface area (Å²) in [7, 11) is 0. The van der Waals surface area contributed by atoms with Crippen LogP contribution in [0.2, 0.25) is 0 Å². The van der Waals surface area contributed by atoms with Gasteiger partial charge in [-0.3, -0.25) is 0 Å². The number of carbonyl (C=O) groups excluding carboxylic acids is 2. The summed E-state index contributed by atoms with van der Waals surface area (Å²) in [6.07, 6.45) is 1.44. The summed E-state index contributed by atoms with van der Waals surface area (Å²) in [4.78, 5) is 27.2. The number of thiocarbonyl (C=S) groups is 1. The van der Waals surface area contributed by atoms with Crippen molar-refractivity contribution in [3.63, 3.8) is 0 Å². The highest BCUT2D eigenvalue weighted by Crippen LogP contribution is 2.35. The number of hydrogen-bond donors (Lipinski definition) is 1. The Bertz CT molecular complexity index is 778. The molecule has 160 valence electrons. The fraction of sp³-hybridized carbons (Fsp3) is 0.632. The molecule has 1 aromatic heterocycles. The number of hydrogen-bond acceptors (Lipinski definition) is 8. The number of nitrogens with one attached hydrogen (secondary N) is 1. The van der Waals surface area contributed by atoms with Crippen LogP contribution in [0.3, 0.4) is 0 Å². The van der Waals surface area contributed by atoms with Gasteiger partial charge in [-0.2, -0.15) is 0 Å². The van der Waals surface area contributed by atoms with Gasteiger partial charge in [0.1, 0.15) is 9.88 Å². The Balaban J connectivity index is 1.76. The lowest BCUT2D eigenvalue weighted by Crippen LogP contribution is -2.48. The van der Waals surface area contributed by atoms with Crippen LogP contribution in [0.1, 0.15) is 52.3 Å². The van der Waals surface area contributed by atoms with E-state index in [2.05, 4.69) is 5.32 Å². The maximum absolute atomic E-state index is 12.5. The molecule has 10 heteroatoms. The van der Waals surface area contributed by atoms with Crippen molar-refractivity contribution in [1.82, 2.24) is 4.90 Å². The van der Waals surface area contributed by atoms with Crippen molar-refractivity contribution in [2.75, 3.05) is 44.8 Å². The average molecular weight is 443 g/mol. The zero-order valence-corrected chi connectivity index (χ0v) is 18.5. The molecule has 1 spiro atoms. The Morgan fingerprint density at radius 2 is 1.72 bits per heavy atom. The Kier molecular flexibility index (Phi) is 7.10. The Labute approximate surface area is 179 Å². The lowest BCUT2D eigenvalue weighted by molar-refractivity contribution is -0.180. The van der Waals surface area contributed by atoms with Gasteiger partial charge in [0.05, 0.1) is 32.0 Å². The zero-order chi connectivity index (χ0) is 21.0. The molecule has 0 radical (unpaired) electrons. The molecule has 0 aromatic carbocycles. The number of likely N-dealkylation sites (tertiary alicyclic amines) is 1. The van der Waals surface area contributed by atoms with Crippen LogP contribution in [0.25, 0.3) is 0 Å². The summed E-state index contributed by atoms with van der Waals surface area (Å²) in [6, 6.07) is 0. The van der Waals surface area contributed by atoms with E-state index in [1.807, 2.05) is 4.90 Å². The third-order valence-corrected chi connectivity index (χ3v) is 6.48. The topological polar surface area (TPSA) is 86.3 Å². The van der Waals surface area contributed by atoms with Crippen LogP contribution in [0.15, 0.2) is 0 Å². The van der Waals surface area contributed by atoms with Crippen molar-refractivity contribution in [3.05, 3.63) is 16.0 Å². The number of nitrogens with zero attached hydrogens (tertiary/aromatic N) is 1. The van der Waals surface area contributed by atoms with E-state index in [9.17, 15) is 9.59 Å². The minimum absolute atomic E-state index is 0.237. The van der Waals surface area contributed by atoms with E-state index in [0.717, 1.165) is 24.2 Å². The van der Waals surface area contributed by atoms with Crippen molar-refractivity contribution >= 4 is 45.6 Å². The number of ether oxygens (including phenoxy) is 4. The molecule has 3 rings (SSSR count). The second-order valence-electron chi connectivity index (χ2n) is 6.73. The quantitative estimate of drug-likeness (QED) is 0.546. The predicted octanol–water partition coefficient (Wildman–Crippen LogP) is 2.95. The summed E-state index contributed by atoms with van der Waals surface area (Å²) >= 11 is 6.72. The van der Waals surface area contributed by atoms with Crippen LogP contribution in [0.5, 0.6) is 0 Å². The van der Waals surface area contributed by atoms with E-state index >= 15 is 0 Å². The molecule has 0 amide bonds.